The first-order valence-corrected chi connectivity index (χ1v) is 7.06. The van der Waals surface area contributed by atoms with Crippen LogP contribution >= 0.6 is 15.9 Å². The first-order valence-electron chi connectivity index (χ1n) is 4.54. The summed E-state index contributed by atoms with van der Waals surface area (Å²) < 4.78 is 31.0. The fourth-order valence-corrected chi connectivity index (χ4v) is 3.39. The predicted octanol–water partition coefficient (Wildman–Crippen LogP) is -1.00. The van der Waals surface area contributed by atoms with Crippen LogP contribution in [0.4, 0.5) is 0 Å². The first-order chi connectivity index (χ1) is 7.38. The van der Waals surface area contributed by atoms with Crippen LogP contribution in [0.5, 0.6) is 0 Å². The van der Waals surface area contributed by atoms with Gasteiger partial charge in [-0.2, -0.15) is 8.42 Å². The van der Waals surface area contributed by atoms with Crippen LogP contribution in [0.15, 0.2) is 0 Å². The van der Waals surface area contributed by atoms with E-state index >= 15 is 0 Å². The maximum absolute atomic E-state index is 11.5. The van der Waals surface area contributed by atoms with Crippen molar-refractivity contribution < 1.29 is 22.6 Å². The quantitative estimate of drug-likeness (QED) is 0.401. The SMILES string of the molecule is O=C(CBr)N1CC[C@@H]2[C@H]1C(=O)N2S(=O)(=O)O. The van der Waals surface area contributed by atoms with Crippen molar-refractivity contribution in [3.63, 3.8) is 0 Å². The normalized spacial score (nSPS) is 29.0. The zero-order valence-electron chi connectivity index (χ0n) is 8.04. The number of carbonyl (C=O) groups is 2. The van der Waals surface area contributed by atoms with Gasteiger partial charge in [0.05, 0.1) is 11.4 Å². The van der Waals surface area contributed by atoms with E-state index in [9.17, 15) is 18.0 Å². The summed E-state index contributed by atoms with van der Waals surface area (Å²) >= 11 is 2.99. The van der Waals surface area contributed by atoms with E-state index in [4.69, 9.17) is 4.55 Å². The second-order valence-electron chi connectivity index (χ2n) is 3.63. The molecular weight excluding hydrogens is 304 g/mol. The number of nitrogens with zero attached hydrogens (tertiary/aromatic N) is 2. The highest BCUT2D eigenvalue weighted by molar-refractivity contribution is 9.09. The number of hydrogen-bond acceptors (Lipinski definition) is 4. The maximum atomic E-state index is 11.5. The molecule has 2 amide bonds. The lowest BCUT2D eigenvalue weighted by Crippen LogP contribution is -2.68. The molecule has 9 heteroatoms. The molecule has 2 atom stereocenters. The molecule has 0 bridgehead atoms. The highest BCUT2D eigenvalue weighted by atomic mass is 79.9. The minimum absolute atomic E-state index is 0.0926. The Kier molecular flexibility index (Phi) is 2.71. The van der Waals surface area contributed by atoms with Crippen LogP contribution in [0.25, 0.3) is 0 Å². The van der Waals surface area contributed by atoms with Gasteiger partial charge in [-0.15, -0.1) is 0 Å². The molecule has 0 radical (unpaired) electrons. The molecule has 2 fully saturated rings. The van der Waals surface area contributed by atoms with Gasteiger partial charge in [0.15, 0.2) is 0 Å². The topological polar surface area (TPSA) is 95.0 Å². The Morgan fingerprint density at radius 1 is 1.56 bits per heavy atom. The number of halogens is 1. The fourth-order valence-electron chi connectivity index (χ4n) is 2.17. The van der Waals surface area contributed by atoms with Gasteiger partial charge in [-0.1, -0.05) is 15.9 Å². The molecule has 2 saturated heterocycles. The smallest absolute Gasteiger partial charge is 0.328 e. The minimum atomic E-state index is -4.49. The van der Waals surface area contributed by atoms with E-state index < -0.39 is 28.3 Å². The van der Waals surface area contributed by atoms with Gasteiger partial charge in [-0.25, -0.2) is 4.31 Å². The number of fused-ring (bicyclic) bond motifs is 1. The number of carbonyl (C=O) groups excluding carboxylic acids is 2. The Balaban J connectivity index is 2.20. The molecule has 0 aromatic rings. The number of hydrogen-bond donors (Lipinski definition) is 1. The number of rotatable bonds is 2. The number of likely N-dealkylation sites (tertiary alicyclic amines) is 1. The van der Waals surface area contributed by atoms with Gasteiger partial charge in [0.1, 0.15) is 6.04 Å². The van der Waals surface area contributed by atoms with Crippen LogP contribution in [0.1, 0.15) is 6.42 Å². The summed E-state index contributed by atoms with van der Waals surface area (Å²) in [6, 6.07) is -1.34. The fraction of sp³-hybridized carbons (Fsp3) is 0.714. The molecule has 7 nitrogen and oxygen atoms in total. The average Bonchev–Trinajstić information content (AvgIpc) is 2.53. The Labute approximate surface area is 100 Å². The number of β-lactam (4-membered cyclic amide) rings is 1. The van der Waals surface area contributed by atoms with Crippen molar-refractivity contribution in [2.75, 3.05) is 11.9 Å². The molecule has 2 aliphatic rings. The zero-order valence-corrected chi connectivity index (χ0v) is 10.4. The molecular formula is C7H9BrN2O5S. The third kappa shape index (κ3) is 1.54. The van der Waals surface area contributed by atoms with E-state index in [0.29, 0.717) is 17.3 Å². The van der Waals surface area contributed by atoms with Crippen molar-refractivity contribution >= 4 is 38.0 Å². The Hall–Kier alpha value is -0.670. The molecule has 2 rings (SSSR count). The van der Waals surface area contributed by atoms with Crippen molar-refractivity contribution in [2.24, 2.45) is 0 Å². The average molecular weight is 313 g/mol. The van der Waals surface area contributed by atoms with Crippen molar-refractivity contribution in [1.82, 2.24) is 9.21 Å². The molecule has 0 aromatic carbocycles. The summed E-state index contributed by atoms with van der Waals surface area (Å²) in [5, 5.41) is 0.0926. The van der Waals surface area contributed by atoms with Gasteiger partial charge < -0.3 is 4.90 Å². The van der Waals surface area contributed by atoms with Gasteiger partial charge >= 0.3 is 10.3 Å². The number of amides is 2. The van der Waals surface area contributed by atoms with Gasteiger partial charge in [-0.3, -0.25) is 14.1 Å². The number of alkyl halides is 1. The summed E-state index contributed by atoms with van der Waals surface area (Å²) in [4.78, 5) is 24.2. The lowest BCUT2D eigenvalue weighted by atomic mass is 10.0. The molecule has 1 N–H and O–H groups in total. The third-order valence-corrected chi connectivity index (χ3v) is 4.25. The summed E-state index contributed by atoms with van der Waals surface area (Å²) in [7, 11) is -4.49. The molecule has 16 heavy (non-hydrogen) atoms. The van der Waals surface area contributed by atoms with Crippen molar-refractivity contribution in [3.8, 4) is 0 Å². The Bertz CT molecular complexity index is 450. The van der Waals surface area contributed by atoms with E-state index in [2.05, 4.69) is 15.9 Å². The third-order valence-electron chi connectivity index (χ3n) is 2.82. The second-order valence-corrected chi connectivity index (χ2v) is 5.48. The molecule has 2 heterocycles. The molecule has 90 valence electrons. The second kappa shape index (κ2) is 3.67. The molecule has 0 spiro atoms. The van der Waals surface area contributed by atoms with Gasteiger partial charge in [0.2, 0.25) is 5.91 Å². The van der Waals surface area contributed by atoms with E-state index in [0.717, 1.165) is 0 Å². The van der Waals surface area contributed by atoms with E-state index in [1.165, 1.54) is 4.90 Å². The van der Waals surface area contributed by atoms with Crippen molar-refractivity contribution in [3.05, 3.63) is 0 Å². The van der Waals surface area contributed by atoms with Crippen LogP contribution < -0.4 is 0 Å². The standard InChI is InChI=1S/C7H9BrN2O5S/c8-3-5(11)9-2-1-4-6(9)7(12)10(4)16(13,14)15/h4,6H,1-3H2,(H,13,14,15)/t4-,6+/m1/s1. The lowest BCUT2D eigenvalue weighted by molar-refractivity contribution is -0.150. The summed E-state index contributed by atoms with van der Waals surface area (Å²) in [5.74, 6) is -0.991. The van der Waals surface area contributed by atoms with Crippen LogP contribution in [0, 0.1) is 0 Å². The molecule has 0 aromatic heterocycles. The van der Waals surface area contributed by atoms with Crippen LogP contribution in [-0.4, -0.2) is 57.9 Å². The predicted molar refractivity (Wildman–Crippen MR) is 56.1 cm³/mol. The van der Waals surface area contributed by atoms with E-state index in [1.807, 2.05) is 0 Å². The van der Waals surface area contributed by atoms with Crippen molar-refractivity contribution in [1.29, 1.82) is 0 Å². The van der Waals surface area contributed by atoms with Gasteiger partial charge in [0, 0.05) is 6.54 Å². The molecule has 2 aliphatic heterocycles. The first kappa shape index (κ1) is 11.8. The maximum Gasteiger partial charge on any atom is 0.362 e. The minimum Gasteiger partial charge on any atom is -0.328 e. The molecule has 0 aliphatic carbocycles. The zero-order chi connectivity index (χ0) is 12.1. The van der Waals surface area contributed by atoms with Gasteiger partial charge in [0.25, 0.3) is 5.91 Å². The van der Waals surface area contributed by atoms with Gasteiger partial charge in [-0.05, 0) is 6.42 Å². The Morgan fingerprint density at radius 3 is 2.69 bits per heavy atom. The highest BCUT2D eigenvalue weighted by Crippen LogP contribution is 2.35. The van der Waals surface area contributed by atoms with E-state index in [1.54, 1.807) is 0 Å². The monoisotopic (exact) mass is 312 g/mol. The van der Waals surface area contributed by atoms with Crippen LogP contribution in [0.3, 0.4) is 0 Å². The van der Waals surface area contributed by atoms with E-state index in [-0.39, 0.29) is 11.2 Å². The summed E-state index contributed by atoms with van der Waals surface area (Å²) in [6.07, 6.45) is 0.370. The molecule has 0 saturated carbocycles. The lowest BCUT2D eigenvalue weighted by Gasteiger charge is -2.42. The van der Waals surface area contributed by atoms with Crippen molar-refractivity contribution in [2.45, 2.75) is 18.5 Å². The Morgan fingerprint density at radius 2 is 2.19 bits per heavy atom. The molecule has 0 unspecified atom stereocenters. The highest BCUT2D eigenvalue weighted by Gasteiger charge is 2.59. The largest absolute Gasteiger partial charge is 0.362 e. The van der Waals surface area contributed by atoms with Crippen LogP contribution in [-0.2, 0) is 19.9 Å². The summed E-state index contributed by atoms with van der Waals surface area (Å²) in [5.41, 5.74) is 0. The summed E-state index contributed by atoms with van der Waals surface area (Å²) in [6.45, 7) is 0.331. The van der Waals surface area contributed by atoms with Crippen LogP contribution in [0.2, 0.25) is 0 Å².